The van der Waals surface area contributed by atoms with Crippen molar-refractivity contribution in [3.8, 4) is 0 Å². The molecule has 0 saturated carbocycles. The fourth-order valence-electron chi connectivity index (χ4n) is 3.34. The Hall–Kier alpha value is 0.180. The molecule has 0 heterocycles. The molecule has 0 atom stereocenters. The molecule has 0 N–H and O–H groups in total. The summed E-state index contributed by atoms with van der Waals surface area (Å²) in [6, 6.07) is 4.96. The van der Waals surface area contributed by atoms with Gasteiger partial charge in [-0.3, -0.25) is 0 Å². The lowest BCUT2D eigenvalue weighted by Crippen LogP contribution is -2.01. The van der Waals surface area contributed by atoms with Crippen molar-refractivity contribution in [2.45, 2.75) is 102 Å². The molecule has 0 fully saturated rings. The van der Waals surface area contributed by atoms with E-state index >= 15 is 0 Å². The minimum absolute atomic E-state index is 0.966. The molecule has 0 nitrogen and oxygen atoms in total. The van der Waals surface area contributed by atoms with Gasteiger partial charge in [0.15, 0.2) is 0 Å². The average molecular weight is 460 g/mol. The minimum atomic E-state index is 0.966. The van der Waals surface area contributed by atoms with Crippen LogP contribution in [0.2, 0.25) is 0 Å². The number of aryl methyl sites for hydroxylation is 2. The summed E-state index contributed by atoms with van der Waals surface area (Å²) in [5.41, 5.74) is 6.15. The number of halogens is 2. The summed E-state index contributed by atoms with van der Waals surface area (Å²) in [6.45, 7) is 4.58. The first kappa shape index (κ1) is 22.2. The zero-order valence-electron chi connectivity index (χ0n) is 15.8. The van der Waals surface area contributed by atoms with Crippen LogP contribution < -0.4 is 0 Å². The van der Waals surface area contributed by atoms with Gasteiger partial charge >= 0.3 is 0 Å². The normalized spacial score (nSPS) is 11.2. The molecule has 1 rings (SSSR count). The number of hydrogen-bond acceptors (Lipinski definition) is 0. The second-order valence-corrected chi connectivity index (χ2v) is 8.11. The van der Waals surface area contributed by atoms with Gasteiger partial charge in [0, 0.05) is 10.7 Å². The molecule has 1 aromatic carbocycles. The van der Waals surface area contributed by atoms with Crippen LogP contribution in [0.3, 0.4) is 0 Å². The maximum Gasteiger partial charge on any atom is 0.0286 e. The highest BCUT2D eigenvalue weighted by Crippen LogP contribution is 2.25. The van der Waals surface area contributed by atoms with Crippen molar-refractivity contribution in [3.05, 3.63) is 34.4 Å². The molecule has 0 amide bonds. The highest BCUT2D eigenvalue weighted by atomic mass is 79.9. The van der Waals surface area contributed by atoms with Gasteiger partial charge in [0.05, 0.1) is 0 Å². The first-order chi connectivity index (χ1) is 11.8. The van der Waals surface area contributed by atoms with E-state index in [0.717, 1.165) is 10.7 Å². The predicted molar refractivity (Wildman–Crippen MR) is 117 cm³/mol. The van der Waals surface area contributed by atoms with Crippen molar-refractivity contribution in [2.75, 3.05) is 0 Å². The molecular formula is C22H36Br2. The van der Waals surface area contributed by atoms with Crippen molar-refractivity contribution in [1.82, 2.24) is 0 Å². The summed E-state index contributed by atoms with van der Waals surface area (Å²) in [7, 11) is 0. The van der Waals surface area contributed by atoms with Gasteiger partial charge in [-0.25, -0.2) is 0 Å². The molecule has 1 aromatic rings. The smallest absolute Gasteiger partial charge is 0.0286 e. The van der Waals surface area contributed by atoms with E-state index in [1.54, 1.807) is 11.1 Å². The number of unbranched alkanes of at least 4 members (excludes halogenated alkanes) is 8. The van der Waals surface area contributed by atoms with Crippen molar-refractivity contribution in [3.63, 3.8) is 0 Å². The standard InChI is InChI=1S/C22H36Br2/c1-3-5-7-9-11-13-19-15-21(17-23)22(18-24)16-20(19)14-12-10-8-6-4-2/h15-16H,3-14,17-18H2,1-2H3. The van der Waals surface area contributed by atoms with Crippen LogP contribution in [0.5, 0.6) is 0 Å². The average Bonchev–Trinajstić information content (AvgIpc) is 2.61. The lowest BCUT2D eigenvalue weighted by molar-refractivity contribution is 0.620. The van der Waals surface area contributed by atoms with E-state index in [-0.39, 0.29) is 0 Å². The molecule has 0 saturated heterocycles. The third-order valence-electron chi connectivity index (χ3n) is 4.91. The summed E-state index contributed by atoms with van der Waals surface area (Å²) in [4.78, 5) is 0. The Morgan fingerprint density at radius 1 is 0.542 bits per heavy atom. The quantitative estimate of drug-likeness (QED) is 0.193. The van der Waals surface area contributed by atoms with Crippen molar-refractivity contribution in [2.24, 2.45) is 0 Å². The Bertz CT molecular complexity index is 399. The van der Waals surface area contributed by atoms with Crippen LogP contribution in [-0.2, 0) is 23.5 Å². The van der Waals surface area contributed by atoms with E-state index in [4.69, 9.17) is 0 Å². The highest BCUT2D eigenvalue weighted by Gasteiger charge is 2.09. The van der Waals surface area contributed by atoms with Crippen LogP contribution in [0.25, 0.3) is 0 Å². The molecule has 24 heavy (non-hydrogen) atoms. The van der Waals surface area contributed by atoms with Gasteiger partial charge in [-0.1, -0.05) is 109 Å². The zero-order chi connectivity index (χ0) is 17.6. The van der Waals surface area contributed by atoms with E-state index in [1.165, 1.54) is 88.2 Å². The Kier molecular flexibility index (Phi) is 13.3. The van der Waals surface area contributed by atoms with Gasteiger partial charge in [0.2, 0.25) is 0 Å². The van der Waals surface area contributed by atoms with Gasteiger partial charge in [0.25, 0.3) is 0 Å². The van der Waals surface area contributed by atoms with Crippen LogP contribution in [0.4, 0.5) is 0 Å². The maximum atomic E-state index is 3.67. The molecule has 0 aliphatic rings. The molecule has 0 aliphatic heterocycles. The highest BCUT2D eigenvalue weighted by molar-refractivity contribution is 9.09. The van der Waals surface area contributed by atoms with Crippen molar-refractivity contribution < 1.29 is 0 Å². The second-order valence-electron chi connectivity index (χ2n) is 6.99. The molecule has 0 unspecified atom stereocenters. The third kappa shape index (κ3) is 8.52. The van der Waals surface area contributed by atoms with E-state index in [1.807, 2.05) is 0 Å². The van der Waals surface area contributed by atoms with Crippen LogP contribution in [0, 0.1) is 0 Å². The fraction of sp³-hybridized carbons (Fsp3) is 0.727. The van der Waals surface area contributed by atoms with E-state index in [0.29, 0.717) is 0 Å². The van der Waals surface area contributed by atoms with Crippen LogP contribution >= 0.6 is 31.9 Å². The molecule has 0 bridgehead atoms. The van der Waals surface area contributed by atoms with E-state index < -0.39 is 0 Å². The number of benzene rings is 1. The van der Waals surface area contributed by atoms with Crippen LogP contribution in [0.15, 0.2) is 12.1 Å². The lowest BCUT2D eigenvalue weighted by atomic mass is 9.92. The Balaban J connectivity index is 2.68. The number of hydrogen-bond donors (Lipinski definition) is 0. The topological polar surface area (TPSA) is 0 Å². The summed E-state index contributed by atoms with van der Waals surface area (Å²) >= 11 is 7.34. The lowest BCUT2D eigenvalue weighted by Gasteiger charge is -2.15. The molecule has 0 aromatic heterocycles. The molecule has 2 heteroatoms. The summed E-state index contributed by atoms with van der Waals surface area (Å²) in [5.74, 6) is 0. The van der Waals surface area contributed by atoms with Crippen molar-refractivity contribution >= 4 is 31.9 Å². The molecule has 0 spiro atoms. The fourth-order valence-corrected chi connectivity index (χ4v) is 4.39. The van der Waals surface area contributed by atoms with Crippen LogP contribution in [-0.4, -0.2) is 0 Å². The molecule has 0 radical (unpaired) electrons. The largest absolute Gasteiger partial charge is 0.0876 e. The Labute approximate surface area is 167 Å². The predicted octanol–water partition coefficient (Wildman–Crippen LogP) is 8.50. The third-order valence-corrected chi connectivity index (χ3v) is 6.12. The van der Waals surface area contributed by atoms with E-state index in [2.05, 4.69) is 57.8 Å². The van der Waals surface area contributed by atoms with Gasteiger partial charge in [-0.05, 0) is 47.9 Å². The van der Waals surface area contributed by atoms with E-state index in [9.17, 15) is 0 Å². The summed E-state index contributed by atoms with van der Waals surface area (Å²) in [5, 5.41) is 1.93. The molecular weight excluding hydrogens is 424 g/mol. The SMILES string of the molecule is CCCCCCCc1cc(CBr)c(CBr)cc1CCCCCCC. The van der Waals surface area contributed by atoms with Crippen molar-refractivity contribution in [1.29, 1.82) is 0 Å². The minimum Gasteiger partial charge on any atom is -0.0876 e. The first-order valence-corrected chi connectivity index (χ1v) is 12.3. The summed E-state index contributed by atoms with van der Waals surface area (Å²) < 4.78 is 0. The Morgan fingerprint density at radius 3 is 1.25 bits per heavy atom. The maximum absolute atomic E-state index is 3.67. The van der Waals surface area contributed by atoms with Crippen LogP contribution in [0.1, 0.15) is 100 Å². The van der Waals surface area contributed by atoms with Gasteiger partial charge in [0.1, 0.15) is 0 Å². The molecule has 0 aliphatic carbocycles. The first-order valence-electron chi connectivity index (χ1n) is 10.0. The molecule has 138 valence electrons. The number of rotatable bonds is 14. The Morgan fingerprint density at radius 2 is 0.917 bits per heavy atom. The van der Waals surface area contributed by atoms with Gasteiger partial charge in [-0.15, -0.1) is 0 Å². The van der Waals surface area contributed by atoms with Gasteiger partial charge < -0.3 is 0 Å². The summed E-state index contributed by atoms with van der Waals surface area (Å²) in [6.07, 6.45) is 16.2. The number of alkyl halides is 2. The zero-order valence-corrected chi connectivity index (χ0v) is 19.0. The monoisotopic (exact) mass is 458 g/mol. The van der Waals surface area contributed by atoms with Gasteiger partial charge in [-0.2, -0.15) is 0 Å². The second kappa shape index (κ2) is 14.4.